The predicted octanol–water partition coefficient (Wildman–Crippen LogP) is 4.39. The first-order valence-electron chi connectivity index (χ1n) is 6.06. The maximum Gasteiger partial charge on any atom is 0.187 e. The zero-order valence-corrected chi connectivity index (χ0v) is 13.5. The molecule has 0 saturated carbocycles. The van der Waals surface area contributed by atoms with Crippen molar-refractivity contribution in [2.75, 3.05) is 11.1 Å². The summed E-state index contributed by atoms with van der Waals surface area (Å²) in [5.41, 5.74) is 2.47. The molecule has 1 aromatic rings. The van der Waals surface area contributed by atoms with Crippen LogP contribution in [-0.4, -0.2) is 21.1 Å². The van der Waals surface area contributed by atoms with Gasteiger partial charge in [-0.05, 0) is 38.2 Å². The molecule has 1 aromatic heterocycles. The fraction of sp³-hybridized carbons (Fsp3) is 0.692. The van der Waals surface area contributed by atoms with Crippen LogP contribution in [0.4, 0.5) is 0 Å². The molecule has 0 aliphatic rings. The fourth-order valence-corrected chi connectivity index (χ4v) is 4.27. The van der Waals surface area contributed by atoms with Gasteiger partial charge in [-0.2, -0.15) is 0 Å². The minimum absolute atomic E-state index is 0.367. The van der Waals surface area contributed by atoms with Crippen LogP contribution in [0, 0.1) is 19.3 Å². The molecule has 0 fully saturated rings. The zero-order valence-electron chi connectivity index (χ0n) is 11.1. The number of thioether (sulfide) groups is 1. The maximum absolute atomic E-state index is 4.48. The van der Waals surface area contributed by atoms with Gasteiger partial charge in [-0.25, -0.2) is 9.97 Å². The molecule has 0 aromatic carbocycles. The van der Waals surface area contributed by atoms with E-state index in [1.165, 1.54) is 12.8 Å². The lowest BCUT2D eigenvalue weighted by Crippen LogP contribution is -2.24. The normalized spacial score (nSPS) is 11.8. The van der Waals surface area contributed by atoms with E-state index >= 15 is 0 Å². The first-order valence-corrected chi connectivity index (χ1v) is 8.17. The van der Waals surface area contributed by atoms with Gasteiger partial charge in [0.1, 0.15) is 0 Å². The predicted molar refractivity (Wildman–Crippen MR) is 79.0 cm³/mol. The van der Waals surface area contributed by atoms with E-state index in [2.05, 4.69) is 39.7 Å². The minimum Gasteiger partial charge on any atom is -0.228 e. The highest BCUT2D eigenvalue weighted by molar-refractivity contribution is 9.09. The number of alkyl halides is 1. The van der Waals surface area contributed by atoms with Crippen molar-refractivity contribution in [1.82, 2.24) is 9.97 Å². The van der Waals surface area contributed by atoms with Crippen molar-refractivity contribution in [2.24, 2.45) is 5.41 Å². The van der Waals surface area contributed by atoms with E-state index in [-0.39, 0.29) is 0 Å². The van der Waals surface area contributed by atoms with E-state index < -0.39 is 0 Å². The molecule has 0 saturated heterocycles. The molecule has 0 amide bonds. The van der Waals surface area contributed by atoms with E-state index in [4.69, 9.17) is 0 Å². The van der Waals surface area contributed by atoms with Crippen molar-refractivity contribution < 1.29 is 0 Å². The molecule has 0 radical (unpaired) electrons. The fourth-order valence-electron chi connectivity index (χ4n) is 1.66. The lowest BCUT2D eigenvalue weighted by Gasteiger charge is -2.28. The summed E-state index contributed by atoms with van der Waals surface area (Å²) in [7, 11) is 0. The summed E-state index contributed by atoms with van der Waals surface area (Å²) in [4.78, 5) is 8.95. The summed E-state index contributed by atoms with van der Waals surface area (Å²) in [5.74, 6) is 1.08. The Hall–Kier alpha value is -0.0900. The topological polar surface area (TPSA) is 25.8 Å². The van der Waals surface area contributed by atoms with Gasteiger partial charge in [0, 0.05) is 22.5 Å². The van der Waals surface area contributed by atoms with Gasteiger partial charge in [-0.15, -0.1) is 0 Å². The van der Waals surface area contributed by atoms with E-state index in [9.17, 15) is 0 Å². The molecule has 0 N–H and O–H groups in total. The Balaban J connectivity index is 2.71. The third-order valence-corrected chi connectivity index (χ3v) is 5.64. The zero-order chi connectivity index (χ0) is 12.9. The van der Waals surface area contributed by atoms with Crippen LogP contribution in [0.2, 0.25) is 0 Å². The Morgan fingerprint density at radius 2 is 1.71 bits per heavy atom. The molecule has 0 unspecified atom stereocenters. The molecule has 96 valence electrons. The molecule has 0 atom stereocenters. The van der Waals surface area contributed by atoms with Crippen LogP contribution in [0.3, 0.4) is 0 Å². The number of halogens is 1. The number of hydrogen-bond acceptors (Lipinski definition) is 3. The molecule has 2 nitrogen and oxygen atoms in total. The number of rotatable bonds is 6. The van der Waals surface area contributed by atoms with E-state index in [1.807, 2.05) is 19.9 Å². The molecule has 0 spiro atoms. The maximum atomic E-state index is 4.48. The highest BCUT2D eigenvalue weighted by atomic mass is 79.9. The van der Waals surface area contributed by atoms with Gasteiger partial charge in [0.2, 0.25) is 0 Å². The van der Waals surface area contributed by atoms with Gasteiger partial charge < -0.3 is 0 Å². The van der Waals surface area contributed by atoms with E-state index in [0.717, 1.165) is 27.6 Å². The standard InChI is InChI=1S/C13H21BrN2S/c1-5-13(6-2,8-14)9-17-12-15-10(3)7-11(4)16-12/h7H,5-6,8-9H2,1-4H3. The lowest BCUT2D eigenvalue weighted by atomic mass is 9.87. The van der Waals surface area contributed by atoms with Gasteiger partial charge in [0.15, 0.2) is 5.16 Å². The molecule has 0 aliphatic heterocycles. The average molecular weight is 317 g/mol. The molecule has 17 heavy (non-hydrogen) atoms. The van der Waals surface area contributed by atoms with Gasteiger partial charge in [-0.1, -0.05) is 41.5 Å². The highest BCUT2D eigenvalue weighted by Gasteiger charge is 2.25. The van der Waals surface area contributed by atoms with Crippen molar-refractivity contribution in [2.45, 2.75) is 45.7 Å². The summed E-state index contributed by atoms with van der Waals surface area (Å²) in [5, 5.41) is 1.96. The summed E-state index contributed by atoms with van der Waals surface area (Å²) in [6, 6.07) is 2.02. The minimum atomic E-state index is 0.367. The van der Waals surface area contributed by atoms with Crippen molar-refractivity contribution in [3.05, 3.63) is 17.5 Å². The second kappa shape index (κ2) is 6.74. The van der Waals surface area contributed by atoms with Crippen molar-refractivity contribution in [3.63, 3.8) is 0 Å². The SMILES string of the molecule is CCC(CC)(CBr)CSc1nc(C)cc(C)n1. The van der Waals surface area contributed by atoms with E-state index in [1.54, 1.807) is 11.8 Å². The number of nitrogens with zero attached hydrogens (tertiary/aromatic N) is 2. The Morgan fingerprint density at radius 3 is 2.12 bits per heavy atom. The second-order valence-corrected chi connectivity index (χ2v) is 6.07. The Kier molecular flexibility index (Phi) is 5.93. The monoisotopic (exact) mass is 316 g/mol. The van der Waals surface area contributed by atoms with Crippen molar-refractivity contribution in [1.29, 1.82) is 0 Å². The first-order chi connectivity index (χ1) is 8.05. The van der Waals surface area contributed by atoms with Gasteiger partial charge >= 0.3 is 0 Å². The van der Waals surface area contributed by atoms with Crippen LogP contribution in [-0.2, 0) is 0 Å². The number of aromatic nitrogens is 2. The number of aryl methyl sites for hydroxylation is 2. The van der Waals surface area contributed by atoms with Gasteiger partial charge in [-0.3, -0.25) is 0 Å². The highest BCUT2D eigenvalue weighted by Crippen LogP contribution is 2.34. The molecule has 0 bridgehead atoms. The average Bonchev–Trinajstić information content (AvgIpc) is 2.30. The van der Waals surface area contributed by atoms with Crippen molar-refractivity contribution in [3.8, 4) is 0 Å². The summed E-state index contributed by atoms with van der Waals surface area (Å²) >= 11 is 5.42. The Bertz CT molecular complexity index is 336. The van der Waals surface area contributed by atoms with Crippen molar-refractivity contribution >= 4 is 27.7 Å². The summed E-state index contributed by atoms with van der Waals surface area (Å²) in [6.07, 6.45) is 2.37. The Labute approximate surface area is 117 Å². The quantitative estimate of drug-likeness (QED) is 0.442. The molecule has 0 aliphatic carbocycles. The van der Waals surface area contributed by atoms with E-state index in [0.29, 0.717) is 5.41 Å². The molecule has 4 heteroatoms. The van der Waals surface area contributed by atoms with Gasteiger partial charge in [0.25, 0.3) is 0 Å². The molecular weight excluding hydrogens is 296 g/mol. The largest absolute Gasteiger partial charge is 0.228 e. The molecule has 1 heterocycles. The lowest BCUT2D eigenvalue weighted by molar-refractivity contribution is 0.359. The second-order valence-electron chi connectivity index (χ2n) is 4.56. The van der Waals surface area contributed by atoms with Crippen LogP contribution in [0.15, 0.2) is 11.2 Å². The third-order valence-electron chi connectivity index (χ3n) is 3.25. The molecular formula is C13H21BrN2S. The van der Waals surface area contributed by atoms with Crippen LogP contribution < -0.4 is 0 Å². The summed E-state index contributed by atoms with van der Waals surface area (Å²) < 4.78 is 0. The van der Waals surface area contributed by atoms with Crippen LogP contribution in [0.1, 0.15) is 38.1 Å². The summed E-state index contributed by atoms with van der Waals surface area (Å²) in [6.45, 7) is 8.56. The van der Waals surface area contributed by atoms with Crippen LogP contribution in [0.5, 0.6) is 0 Å². The first kappa shape index (κ1) is 15.0. The smallest absolute Gasteiger partial charge is 0.187 e. The van der Waals surface area contributed by atoms with Gasteiger partial charge in [0.05, 0.1) is 0 Å². The number of hydrogen-bond donors (Lipinski definition) is 0. The van der Waals surface area contributed by atoms with Crippen LogP contribution >= 0.6 is 27.7 Å². The molecule has 1 rings (SSSR count). The third kappa shape index (κ3) is 4.25. The Morgan fingerprint density at radius 1 is 1.18 bits per heavy atom. The van der Waals surface area contributed by atoms with Crippen LogP contribution in [0.25, 0.3) is 0 Å².